The summed E-state index contributed by atoms with van der Waals surface area (Å²) in [7, 11) is 0. The van der Waals surface area contributed by atoms with Gasteiger partial charge in [-0.25, -0.2) is 0 Å². The van der Waals surface area contributed by atoms with Gasteiger partial charge in [0, 0.05) is 35.9 Å². The Kier molecular flexibility index (Phi) is 6.03. The third-order valence-corrected chi connectivity index (χ3v) is 3.93. The standard InChI is InChI=1S/C20H20N2.C2H4O/c1-5-17-13-21(18-10-8-16(4)9-11-18)14-19(17)20-7-6-12-22(20)15(2)3;1-2-3/h1,6-15H,2-4H3;2H,1H3. The van der Waals surface area contributed by atoms with E-state index >= 15 is 0 Å². The lowest BCUT2D eigenvalue weighted by Gasteiger charge is -2.12. The number of aryl methyl sites for hydroxylation is 1. The predicted molar refractivity (Wildman–Crippen MR) is 104 cm³/mol. The van der Waals surface area contributed by atoms with Crippen molar-refractivity contribution in [1.82, 2.24) is 9.13 Å². The molecule has 0 unspecified atom stereocenters. The van der Waals surface area contributed by atoms with E-state index in [1.807, 2.05) is 6.20 Å². The maximum atomic E-state index is 8.81. The van der Waals surface area contributed by atoms with Crippen LogP contribution in [0.5, 0.6) is 0 Å². The molecule has 3 rings (SSSR count). The molecule has 0 N–H and O–H groups in total. The fourth-order valence-corrected chi connectivity index (χ4v) is 2.71. The summed E-state index contributed by atoms with van der Waals surface area (Å²) in [6.07, 6.45) is 12.7. The number of aldehydes is 1. The molecule has 3 nitrogen and oxygen atoms in total. The number of carbonyl (C=O) groups excluding carboxylic acids is 1. The summed E-state index contributed by atoms with van der Waals surface area (Å²) in [5.41, 5.74) is 5.55. The quantitative estimate of drug-likeness (QED) is 0.488. The van der Waals surface area contributed by atoms with Gasteiger partial charge >= 0.3 is 0 Å². The smallest absolute Gasteiger partial charge is 0.116 e. The zero-order valence-corrected chi connectivity index (χ0v) is 15.2. The summed E-state index contributed by atoms with van der Waals surface area (Å²) < 4.78 is 4.34. The molecule has 0 bridgehead atoms. The molecule has 3 heteroatoms. The molecule has 128 valence electrons. The first-order chi connectivity index (χ1) is 12.0. The van der Waals surface area contributed by atoms with E-state index in [0.717, 1.165) is 28.8 Å². The Morgan fingerprint density at radius 3 is 2.32 bits per heavy atom. The minimum atomic E-state index is 0.401. The molecular weight excluding hydrogens is 308 g/mol. The van der Waals surface area contributed by atoms with Crippen LogP contribution in [0, 0.1) is 19.3 Å². The summed E-state index contributed by atoms with van der Waals surface area (Å²) in [4.78, 5) is 8.81. The Balaban J connectivity index is 0.000000701. The van der Waals surface area contributed by atoms with Crippen LogP contribution in [0.2, 0.25) is 0 Å². The minimum Gasteiger partial charge on any atom is -0.345 e. The van der Waals surface area contributed by atoms with E-state index in [4.69, 9.17) is 11.2 Å². The lowest BCUT2D eigenvalue weighted by molar-refractivity contribution is -0.106. The average molecular weight is 332 g/mol. The van der Waals surface area contributed by atoms with Gasteiger partial charge in [-0.15, -0.1) is 6.42 Å². The third-order valence-electron chi connectivity index (χ3n) is 3.93. The maximum Gasteiger partial charge on any atom is 0.116 e. The van der Waals surface area contributed by atoms with E-state index in [9.17, 15) is 0 Å². The highest BCUT2D eigenvalue weighted by Gasteiger charge is 2.13. The van der Waals surface area contributed by atoms with E-state index in [0.29, 0.717) is 6.04 Å². The van der Waals surface area contributed by atoms with Gasteiger partial charge in [0.2, 0.25) is 0 Å². The monoisotopic (exact) mass is 332 g/mol. The number of terminal acetylenes is 1. The number of hydrogen-bond acceptors (Lipinski definition) is 1. The molecule has 0 spiro atoms. The number of nitrogens with zero attached hydrogens (tertiary/aromatic N) is 2. The minimum absolute atomic E-state index is 0.401. The van der Waals surface area contributed by atoms with E-state index in [2.05, 4.69) is 84.6 Å². The second-order valence-electron chi connectivity index (χ2n) is 6.10. The number of benzene rings is 1. The van der Waals surface area contributed by atoms with Gasteiger partial charge in [-0.05, 0) is 52.0 Å². The fourth-order valence-electron chi connectivity index (χ4n) is 2.71. The summed E-state index contributed by atoms with van der Waals surface area (Å²) in [6, 6.07) is 13.0. The first kappa shape index (κ1) is 18.4. The van der Waals surface area contributed by atoms with Gasteiger partial charge in [0.1, 0.15) is 6.29 Å². The Morgan fingerprint density at radius 1 is 1.12 bits per heavy atom. The molecule has 3 aromatic rings. The molecule has 1 aromatic carbocycles. The summed E-state index contributed by atoms with van der Waals surface area (Å²) in [6.45, 7) is 7.89. The Bertz CT molecular complexity index is 874. The maximum absolute atomic E-state index is 8.81. The number of aromatic nitrogens is 2. The third kappa shape index (κ3) is 4.10. The molecule has 0 atom stereocenters. The van der Waals surface area contributed by atoms with Crippen molar-refractivity contribution in [3.63, 3.8) is 0 Å². The van der Waals surface area contributed by atoms with Crippen molar-refractivity contribution in [2.75, 3.05) is 0 Å². The highest BCUT2D eigenvalue weighted by atomic mass is 16.1. The molecular formula is C22H24N2O. The van der Waals surface area contributed by atoms with Gasteiger partial charge in [0.25, 0.3) is 0 Å². The van der Waals surface area contributed by atoms with E-state index < -0.39 is 0 Å². The van der Waals surface area contributed by atoms with Gasteiger partial charge in [-0.3, -0.25) is 0 Å². The van der Waals surface area contributed by atoms with Gasteiger partial charge in [-0.1, -0.05) is 23.6 Å². The SMILES string of the molecule is C#Cc1cn(-c2ccc(C)cc2)cc1-c1cccn1C(C)C.CC=O. The van der Waals surface area contributed by atoms with Crippen LogP contribution in [-0.4, -0.2) is 15.4 Å². The van der Waals surface area contributed by atoms with Crippen LogP contribution in [0.4, 0.5) is 0 Å². The average Bonchev–Trinajstić information content (AvgIpc) is 3.22. The van der Waals surface area contributed by atoms with Crippen molar-refractivity contribution >= 4 is 6.29 Å². The largest absolute Gasteiger partial charge is 0.345 e. The predicted octanol–water partition coefficient (Wildman–Crippen LogP) is 5.02. The lowest BCUT2D eigenvalue weighted by Crippen LogP contribution is -2.00. The first-order valence-corrected chi connectivity index (χ1v) is 8.34. The molecule has 2 heterocycles. The highest BCUT2D eigenvalue weighted by molar-refractivity contribution is 5.69. The van der Waals surface area contributed by atoms with Gasteiger partial charge in [0.15, 0.2) is 0 Å². The van der Waals surface area contributed by atoms with Crippen molar-refractivity contribution < 1.29 is 4.79 Å². The van der Waals surface area contributed by atoms with Crippen molar-refractivity contribution in [1.29, 1.82) is 0 Å². The second-order valence-corrected chi connectivity index (χ2v) is 6.10. The van der Waals surface area contributed by atoms with E-state index in [-0.39, 0.29) is 0 Å². The van der Waals surface area contributed by atoms with Crippen LogP contribution in [0.3, 0.4) is 0 Å². The Hall–Kier alpha value is -2.99. The second kappa shape index (κ2) is 8.21. The Morgan fingerprint density at radius 2 is 1.76 bits per heavy atom. The zero-order valence-electron chi connectivity index (χ0n) is 15.2. The summed E-state index contributed by atoms with van der Waals surface area (Å²) >= 11 is 0. The van der Waals surface area contributed by atoms with E-state index in [1.165, 1.54) is 12.5 Å². The van der Waals surface area contributed by atoms with Gasteiger partial charge in [0.05, 0.1) is 11.3 Å². The van der Waals surface area contributed by atoms with Crippen LogP contribution in [0.25, 0.3) is 16.9 Å². The first-order valence-electron chi connectivity index (χ1n) is 8.34. The van der Waals surface area contributed by atoms with Crippen LogP contribution < -0.4 is 0 Å². The molecule has 2 aromatic heterocycles. The van der Waals surface area contributed by atoms with Crippen molar-refractivity contribution in [2.24, 2.45) is 0 Å². The molecule has 25 heavy (non-hydrogen) atoms. The number of hydrogen-bond donors (Lipinski definition) is 0. The molecule has 0 aliphatic heterocycles. The molecule has 0 radical (unpaired) electrons. The fraction of sp³-hybridized carbons (Fsp3) is 0.227. The number of rotatable bonds is 3. The molecule has 0 saturated heterocycles. The summed E-state index contributed by atoms with van der Waals surface area (Å²) in [5.74, 6) is 2.82. The molecule has 0 aliphatic carbocycles. The topological polar surface area (TPSA) is 26.9 Å². The van der Waals surface area contributed by atoms with Crippen LogP contribution in [0.1, 0.15) is 37.9 Å². The van der Waals surface area contributed by atoms with Crippen molar-refractivity contribution in [3.8, 4) is 29.3 Å². The number of carbonyl (C=O) groups is 1. The normalized spacial score (nSPS) is 10.1. The van der Waals surface area contributed by atoms with Crippen molar-refractivity contribution in [2.45, 2.75) is 33.7 Å². The molecule has 0 aliphatic rings. The van der Waals surface area contributed by atoms with Gasteiger partial charge in [-0.2, -0.15) is 0 Å². The highest BCUT2D eigenvalue weighted by Crippen LogP contribution is 2.28. The van der Waals surface area contributed by atoms with Crippen LogP contribution >= 0.6 is 0 Å². The molecule has 0 saturated carbocycles. The lowest BCUT2D eigenvalue weighted by atomic mass is 10.1. The van der Waals surface area contributed by atoms with Gasteiger partial charge < -0.3 is 13.9 Å². The van der Waals surface area contributed by atoms with Crippen molar-refractivity contribution in [3.05, 3.63) is 66.1 Å². The van der Waals surface area contributed by atoms with E-state index in [1.54, 1.807) is 0 Å². The Labute approximate surface area is 149 Å². The van der Waals surface area contributed by atoms with Crippen LogP contribution in [0.15, 0.2) is 55.0 Å². The molecule has 0 fully saturated rings. The summed E-state index contributed by atoms with van der Waals surface area (Å²) in [5, 5.41) is 0. The zero-order chi connectivity index (χ0) is 18.4. The molecule has 0 amide bonds. The van der Waals surface area contributed by atoms with Crippen LogP contribution in [-0.2, 0) is 4.79 Å².